The van der Waals surface area contributed by atoms with Gasteiger partial charge in [0.15, 0.2) is 0 Å². The highest BCUT2D eigenvalue weighted by molar-refractivity contribution is 5.76. The molecular weight excluding hydrogens is 563 g/mol. The number of ether oxygens (including phenoxy) is 1. The van der Waals surface area contributed by atoms with Crippen molar-refractivity contribution in [3.8, 4) is 0 Å². The van der Waals surface area contributed by atoms with Crippen LogP contribution < -0.4 is 0 Å². The smallest absolute Gasteiger partial charge is 0.310 e. The summed E-state index contributed by atoms with van der Waals surface area (Å²) < 4.78 is 19.3. The van der Waals surface area contributed by atoms with Gasteiger partial charge in [-0.2, -0.15) is 0 Å². The summed E-state index contributed by atoms with van der Waals surface area (Å²) in [5.74, 6) is 0.194. The van der Waals surface area contributed by atoms with Crippen LogP contribution in [0, 0.1) is 56.7 Å². The Bertz CT molecular complexity index is 1170. The van der Waals surface area contributed by atoms with Gasteiger partial charge in [0.05, 0.1) is 11.5 Å². The van der Waals surface area contributed by atoms with Crippen LogP contribution in [-0.2, 0) is 9.53 Å². The predicted octanol–water partition coefficient (Wildman–Crippen LogP) is 5.28. The van der Waals surface area contributed by atoms with Crippen LogP contribution in [-0.4, -0.2) is 74.8 Å². The molecule has 8 heteroatoms. The molecule has 0 bridgehead atoms. The lowest BCUT2D eigenvalue weighted by atomic mass is 9.34. The Morgan fingerprint density at radius 3 is 2.32 bits per heavy atom. The maximum Gasteiger partial charge on any atom is 0.310 e. The summed E-state index contributed by atoms with van der Waals surface area (Å²) in [6.07, 6.45) is 3.34. The van der Waals surface area contributed by atoms with Gasteiger partial charge in [0.1, 0.15) is 37.2 Å². The molecular formula is C36H57FO7. The largest absolute Gasteiger partial charge is 0.481 e. The Morgan fingerprint density at radius 2 is 1.66 bits per heavy atom. The number of rotatable bonds is 4. The van der Waals surface area contributed by atoms with Crippen LogP contribution in [0.1, 0.15) is 106 Å². The Kier molecular flexibility index (Phi) is 8.01. The lowest BCUT2D eigenvalue weighted by Gasteiger charge is -2.70. The maximum absolute atomic E-state index is 13.6. The molecule has 5 fully saturated rings. The Labute approximate surface area is 262 Å². The molecule has 7 unspecified atom stereocenters. The van der Waals surface area contributed by atoms with Crippen molar-refractivity contribution < 1.29 is 39.5 Å². The SMILES string of the molecule is C[C@@H]1C2CC[C@]3(C)C(CC=C4C5CC(C)(C)CC[C@]5(C(=O)O)CC[C@]43C)[C@@]2(C)CC[C@@H]1C(O)[C@@H]1OC(CF)[C@@H](O)C(O)C1O. The molecule has 6 aliphatic rings. The molecule has 7 nitrogen and oxygen atoms in total. The Balaban J connectivity index is 1.28. The number of hydrogen-bond acceptors (Lipinski definition) is 6. The average molecular weight is 621 g/mol. The van der Waals surface area contributed by atoms with Gasteiger partial charge in [-0.15, -0.1) is 0 Å². The number of aliphatic hydroxyl groups is 4. The van der Waals surface area contributed by atoms with E-state index >= 15 is 0 Å². The van der Waals surface area contributed by atoms with Gasteiger partial charge in [0.25, 0.3) is 0 Å². The molecule has 5 N–H and O–H groups in total. The predicted molar refractivity (Wildman–Crippen MR) is 164 cm³/mol. The van der Waals surface area contributed by atoms with E-state index < -0.39 is 54.7 Å². The molecule has 1 aliphatic heterocycles. The monoisotopic (exact) mass is 620 g/mol. The van der Waals surface area contributed by atoms with E-state index in [0.29, 0.717) is 11.8 Å². The fourth-order valence-electron chi connectivity index (χ4n) is 12.4. The zero-order chi connectivity index (χ0) is 32.2. The summed E-state index contributed by atoms with van der Waals surface area (Å²) in [4.78, 5) is 12.9. The molecule has 0 radical (unpaired) electrons. The van der Waals surface area contributed by atoms with Crippen molar-refractivity contribution in [2.75, 3.05) is 6.67 Å². The molecule has 6 rings (SSSR count). The lowest BCUT2D eigenvalue weighted by Crippen LogP contribution is -2.65. The minimum Gasteiger partial charge on any atom is -0.481 e. The Morgan fingerprint density at radius 1 is 0.977 bits per heavy atom. The van der Waals surface area contributed by atoms with Gasteiger partial charge >= 0.3 is 5.97 Å². The minimum atomic E-state index is -1.57. The normalized spacial score (nSPS) is 54.1. The third-order valence-corrected chi connectivity index (χ3v) is 15.4. The van der Waals surface area contributed by atoms with Gasteiger partial charge in [-0.05, 0) is 115 Å². The molecule has 0 aromatic heterocycles. The summed E-state index contributed by atoms with van der Waals surface area (Å²) in [5, 5.41) is 53.4. The number of carbonyl (C=O) groups is 1. The number of halogens is 1. The first-order chi connectivity index (χ1) is 20.5. The number of hydrogen-bond donors (Lipinski definition) is 5. The van der Waals surface area contributed by atoms with Crippen LogP contribution >= 0.6 is 0 Å². The molecule has 0 spiro atoms. The van der Waals surface area contributed by atoms with E-state index in [1.165, 1.54) is 5.57 Å². The molecule has 4 saturated carbocycles. The van der Waals surface area contributed by atoms with Gasteiger partial charge in [0.2, 0.25) is 0 Å². The van der Waals surface area contributed by atoms with Crippen molar-refractivity contribution in [2.45, 2.75) is 142 Å². The third kappa shape index (κ3) is 4.39. The average Bonchev–Trinajstić information content (AvgIpc) is 2.96. The number of carboxylic acids is 1. The fraction of sp³-hybridized carbons (Fsp3) is 0.917. The molecule has 0 aromatic carbocycles. The van der Waals surface area contributed by atoms with Crippen molar-refractivity contribution in [2.24, 2.45) is 56.7 Å². The van der Waals surface area contributed by atoms with E-state index in [-0.39, 0.29) is 39.4 Å². The lowest BCUT2D eigenvalue weighted by molar-refractivity contribution is -0.258. The quantitative estimate of drug-likeness (QED) is 0.271. The van der Waals surface area contributed by atoms with Gasteiger partial charge in [-0.3, -0.25) is 4.79 Å². The summed E-state index contributed by atoms with van der Waals surface area (Å²) >= 11 is 0. The van der Waals surface area contributed by atoms with Gasteiger partial charge in [-0.1, -0.05) is 53.2 Å². The summed E-state index contributed by atoms with van der Waals surface area (Å²) in [6.45, 7) is 13.2. The second-order valence-electron chi connectivity index (χ2n) is 17.5. The number of allylic oxidation sites excluding steroid dienone is 2. The van der Waals surface area contributed by atoms with Crippen LogP contribution in [0.25, 0.3) is 0 Å². The van der Waals surface area contributed by atoms with Crippen molar-refractivity contribution in [3.63, 3.8) is 0 Å². The van der Waals surface area contributed by atoms with Gasteiger partial charge in [0, 0.05) is 0 Å². The summed E-state index contributed by atoms with van der Waals surface area (Å²) in [6, 6.07) is 0. The van der Waals surface area contributed by atoms with Crippen LogP contribution in [0.2, 0.25) is 0 Å². The highest BCUT2D eigenvalue weighted by Gasteiger charge is 2.68. The fourth-order valence-corrected chi connectivity index (χ4v) is 12.4. The van der Waals surface area contributed by atoms with Crippen LogP contribution in [0.5, 0.6) is 0 Å². The van der Waals surface area contributed by atoms with Gasteiger partial charge < -0.3 is 30.3 Å². The second-order valence-corrected chi connectivity index (χ2v) is 17.5. The topological polar surface area (TPSA) is 127 Å². The first kappa shape index (κ1) is 32.9. The highest BCUT2D eigenvalue weighted by atomic mass is 19.1. The first-order valence-electron chi connectivity index (χ1n) is 17.3. The number of alkyl halides is 1. The van der Waals surface area contributed by atoms with E-state index in [2.05, 4.69) is 47.6 Å². The van der Waals surface area contributed by atoms with Crippen LogP contribution in [0.3, 0.4) is 0 Å². The van der Waals surface area contributed by atoms with E-state index in [0.717, 1.165) is 64.2 Å². The summed E-state index contributed by atoms with van der Waals surface area (Å²) in [7, 11) is 0. The van der Waals surface area contributed by atoms with E-state index in [1.54, 1.807) is 0 Å². The second kappa shape index (κ2) is 10.7. The highest BCUT2D eigenvalue weighted by Crippen LogP contribution is 2.75. The molecule has 15 atom stereocenters. The Hall–Kier alpha value is -1.06. The molecule has 1 saturated heterocycles. The third-order valence-electron chi connectivity index (χ3n) is 15.4. The number of aliphatic carboxylic acids is 1. The standard InChI is InChI=1S/C36H57FO7/c1-19-20(26(38)30-29(41)28(40)27(39)24(18-37)44-30)9-11-33(4)21(19)10-12-35(6)25(33)8-7-22-23-17-32(2,3)13-15-36(23,31(42)43)16-14-34(22,35)5/h7,19-21,23-30,38-41H,8-18H2,1-6H3,(H,42,43)/t19-,20-,21?,23?,24?,25?,26?,27+,28?,29?,30-,33-,34+,35+,36-/m0/s1. The zero-order valence-corrected chi connectivity index (χ0v) is 27.6. The van der Waals surface area contributed by atoms with E-state index in [9.17, 15) is 34.7 Å². The molecule has 5 aliphatic carbocycles. The van der Waals surface area contributed by atoms with Crippen molar-refractivity contribution >= 4 is 5.97 Å². The minimum absolute atomic E-state index is 0.0318. The molecule has 250 valence electrons. The molecule has 1 heterocycles. The van der Waals surface area contributed by atoms with Crippen molar-refractivity contribution in [3.05, 3.63) is 11.6 Å². The van der Waals surface area contributed by atoms with E-state index in [1.807, 2.05) is 0 Å². The number of carboxylic acid groups (broad SMARTS) is 1. The first-order valence-corrected chi connectivity index (χ1v) is 17.3. The van der Waals surface area contributed by atoms with Gasteiger partial charge in [-0.25, -0.2) is 4.39 Å². The van der Waals surface area contributed by atoms with E-state index in [4.69, 9.17) is 4.74 Å². The van der Waals surface area contributed by atoms with Crippen LogP contribution in [0.15, 0.2) is 11.6 Å². The molecule has 0 amide bonds. The molecule has 0 aromatic rings. The van der Waals surface area contributed by atoms with Crippen LogP contribution in [0.4, 0.5) is 4.39 Å². The van der Waals surface area contributed by atoms with Crippen molar-refractivity contribution in [1.82, 2.24) is 0 Å². The number of fused-ring (bicyclic) bond motifs is 7. The maximum atomic E-state index is 13.6. The van der Waals surface area contributed by atoms with Crippen molar-refractivity contribution in [1.29, 1.82) is 0 Å². The molecule has 44 heavy (non-hydrogen) atoms. The summed E-state index contributed by atoms with van der Waals surface area (Å²) in [5.41, 5.74) is 0.917. The zero-order valence-electron chi connectivity index (χ0n) is 27.6. The number of aliphatic hydroxyl groups excluding tert-OH is 4.